The van der Waals surface area contributed by atoms with Crippen molar-refractivity contribution < 1.29 is 24.1 Å². The van der Waals surface area contributed by atoms with Crippen molar-refractivity contribution in [3.8, 4) is 17.2 Å². The van der Waals surface area contributed by atoms with Gasteiger partial charge in [-0.05, 0) is 38.5 Å². The fourth-order valence-electron chi connectivity index (χ4n) is 1.57. The number of hydrogen-bond acceptors (Lipinski definition) is 6. The van der Waals surface area contributed by atoms with Gasteiger partial charge in [-0.15, -0.1) is 0 Å². The summed E-state index contributed by atoms with van der Waals surface area (Å²) in [5, 5.41) is 9.79. The second-order valence-corrected chi connectivity index (χ2v) is 5.33. The van der Waals surface area contributed by atoms with Gasteiger partial charge in [-0.25, -0.2) is 10.2 Å². The molecule has 0 fully saturated rings. The van der Waals surface area contributed by atoms with Gasteiger partial charge in [0, 0.05) is 6.54 Å². The molecule has 0 bridgehead atoms. The number of benzene rings is 1. The number of aromatic hydroxyl groups is 1. The maximum atomic E-state index is 11.5. The molecule has 0 spiro atoms. The van der Waals surface area contributed by atoms with Crippen LogP contribution < -0.4 is 20.3 Å². The molecule has 0 aliphatic rings. The average Bonchev–Trinajstić information content (AvgIpc) is 2.38. The third-order valence-electron chi connectivity index (χ3n) is 2.42. The van der Waals surface area contributed by atoms with Crippen molar-refractivity contribution >= 4 is 6.09 Å². The van der Waals surface area contributed by atoms with Crippen LogP contribution in [0.3, 0.4) is 0 Å². The molecule has 21 heavy (non-hydrogen) atoms. The molecule has 1 rings (SSSR count). The summed E-state index contributed by atoms with van der Waals surface area (Å²) in [6.07, 6.45) is -0.569. The number of hydrazine groups is 1. The summed E-state index contributed by atoms with van der Waals surface area (Å²) < 4.78 is 15.2. The van der Waals surface area contributed by atoms with Crippen LogP contribution in [0.5, 0.6) is 17.2 Å². The van der Waals surface area contributed by atoms with Gasteiger partial charge >= 0.3 is 6.09 Å². The second kappa shape index (κ2) is 7.03. The highest BCUT2D eigenvalue weighted by Crippen LogP contribution is 2.36. The highest BCUT2D eigenvalue weighted by atomic mass is 16.6. The van der Waals surface area contributed by atoms with Crippen LogP contribution in [0.15, 0.2) is 12.1 Å². The van der Waals surface area contributed by atoms with Gasteiger partial charge in [0.1, 0.15) is 5.60 Å². The normalized spacial score (nSPS) is 10.9. The number of amides is 1. The largest absolute Gasteiger partial charge is 0.502 e. The van der Waals surface area contributed by atoms with E-state index < -0.39 is 11.7 Å². The second-order valence-electron chi connectivity index (χ2n) is 5.33. The zero-order chi connectivity index (χ0) is 16.0. The van der Waals surface area contributed by atoms with Gasteiger partial charge in [-0.2, -0.15) is 0 Å². The van der Waals surface area contributed by atoms with Crippen LogP contribution in [-0.4, -0.2) is 31.0 Å². The van der Waals surface area contributed by atoms with E-state index in [0.29, 0.717) is 18.0 Å². The molecule has 0 saturated heterocycles. The summed E-state index contributed by atoms with van der Waals surface area (Å²) in [6, 6.07) is 3.28. The topological polar surface area (TPSA) is 89.1 Å². The first-order valence-corrected chi connectivity index (χ1v) is 6.42. The number of phenolic OH excluding ortho intramolecular Hbond substituents is 1. The van der Waals surface area contributed by atoms with E-state index in [4.69, 9.17) is 14.2 Å². The van der Waals surface area contributed by atoms with Crippen LogP contribution in [0, 0.1) is 0 Å². The first kappa shape index (κ1) is 16.9. The predicted molar refractivity (Wildman–Crippen MR) is 77.4 cm³/mol. The molecule has 7 nitrogen and oxygen atoms in total. The SMILES string of the molecule is COc1cc(CNNC(=O)OC(C)(C)C)cc(OC)c1O. The van der Waals surface area contributed by atoms with E-state index in [2.05, 4.69) is 10.9 Å². The zero-order valence-electron chi connectivity index (χ0n) is 12.9. The smallest absolute Gasteiger partial charge is 0.422 e. The number of methoxy groups -OCH3 is 2. The minimum Gasteiger partial charge on any atom is -0.502 e. The van der Waals surface area contributed by atoms with Gasteiger partial charge in [-0.3, -0.25) is 5.43 Å². The van der Waals surface area contributed by atoms with Crippen molar-refractivity contribution in [1.82, 2.24) is 10.9 Å². The number of carbonyl (C=O) groups excluding carboxylic acids is 1. The summed E-state index contributed by atoms with van der Waals surface area (Å²) in [4.78, 5) is 11.5. The average molecular weight is 298 g/mol. The lowest BCUT2D eigenvalue weighted by Gasteiger charge is -2.20. The van der Waals surface area contributed by atoms with E-state index in [-0.39, 0.29) is 5.75 Å². The lowest BCUT2D eigenvalue weighted by molar-refractivity contribution is 0.0497. The number of nitrogens with one attached hydrogen (secondary N) is 2. The molecule has 0 heterocycles. The van der Waals surface area contributed by atoms with Crippen molar-refractivity contribution in [2.45, 2.75) is 32.9 Å². The Morgan fingerprint density at radius 2 is 1.71 bits per heavy atom. The maximum absolute atomic E-state index is 11.5. The zero-order valence-corrected chi connectivity index (χ0v) is 12.9. The predicted octanol–water partition coefficient (Wildman–Crippen LogP) is 1.94. The van der Waals surface area contributed by atoms with Crippen LogP contribution in [0.2, 0.25) is 0 Å². The van der Waals surface area contributed by atoms with Crippen LogP contribution in [0.1, 0.15) is 26.3 Å². The number of ether oxygens (including phenoxy) is 3. The Labute approximate surface area is 124 Å². The number of phenols is 1. The molecule has 3 N–H and O–H groups in total. The molecule has 0 unspecified atom stereocenters. The highest BCUT2D eigenvalue weighted by molar-refractivity contribution is 5.67. The molecule has 0 atom stereocenters. The quantitative estimate of drug-likeness (QED) is 0.720. The Bertz CT molecular complexity index is 472. The van der Waals surface area contributed by atoms with Crippen molar-refractivity contribution in [2.24, 2.45) is 0 Å². The molecular formula is C14H22N2O5. The van der Waals surface area contributed by atoms with Gasteiger partial charge in [-0.1, -0.05) is 0 Å². The first-order chi connectivity index (χ1) is 9.76. The number of rotatable bonds is 5. The maximum Gasteiger partial charge on any atom is 0.422 e. The lowest BCUT2D eigenvalue weighted by Crippen LogP contribution is -2.40. The van der Waals surface area contributed by atoms with E-state index in [0.717, 1.165) is 5.56 Å². The number of carbonyl (C=O) groups is 1. The minimum atomic E-state index is -0.569. The Morgan fingerprint density at radius 3 is 2.14 bits per heavy atom. The van der Waals surface area contributed by atoms with Crippen molar-refractivity contribution in [3.05, 3.63) is 17.7 Å². The monoisotopic (exact) mass is 298 g/mol. The molecule has 0 radical (unpaired) electrons. The summed E-state index contributed by atoms with van der Waals surface area (Å²) in [7, 11) is 2.90. The van der Waals surface area contributed by atoms with Gasteiger partial charge in [0.05, 0.1) is 14.2 Å². The van der Waals surface area contributed by atoms with Crippen molar-refractivity contribution in [2.75, 3.05) is 14.2 Å². The van der Waals surface area contributed by atoms with Gasteiger partial charge in [0.2, 0.25) is 5.75 Å². The van der Waals surface area contributed by atoms with Crippen molar-refractivity contribution in [3.63, 3.8) is 0 Å². The van der Waals surface area contributed by atoms with Gasteiger partial charge < -0.3 is 19.3 Å². The minimum absolute atomic E-state index is 0.0659. The van der Waals surface area contributed by atoms with Crippen LogP contribution in [0.25, 0.3) is 0 Å². The Balaban J connectivity index is 2.62. The Hall–Kier alpha value is -2.15. The highest BCUT2D eigenvalue weighted by Gasteiger charge is 2.16. The lowest BCUT2D eigenvalue weighted by atomic mass is 10.2. The third kappa shape index (κ3) is 5.39. The van der Waals surface area contributed by atoms with E-state index in [1.54, 1.807) is 32.9 Å². The summed E-state index contributed by atoms with van der Waals surface area (Å²) in [6.45, 7) is 5.65. The molecule has 118 valence electrons. The molecule has 1 amide bonds. The summed E-state index contributed by atoms with van der Waals surface area (Å²) in [5.41, 5.74) is 5.35. The first-order valence-electron chi connectivity index (χ1n) is 6.42. The fraction of sp³-hybridized carbons (Fsp3) is 0.500. The fourth-order valence-corrected chi connectivity index (χ4v) is 1.57. The molecule has 1 aromatic carbocycles. The number of hydrogen-bond donors (Lipinski definition) is 3. The molecule has 0 saturated carbocycles. The standard InChI is InChI=1S/C14H22N2O5/c1-14(2,3)21-13(18)16-15-8-9-6-10(19-4)12(17)11(7-9)20-5/h6-7,15,17H,8H2,1-5H3,(H,16,18). The summed E-state index contributed by atoms with van der Waals surface area (Å²) in [5.74, 6) is 0.524. The van der Waals surface area contributed by atoms with E-state index in [9.17, 15) is 9.90 Å². The van der Waals surface area contributed by atoms with E-state index >= 15 is 0 Å². The molecular weight excluding hydrogens is 276 g/mol. The summed E-state index contributed by atoms with van der Waals surface area (Å²) >= 11 is 0. The van der Waals surface area contributed by atoms with Crippen molar-refractivity contribution in [1.29, 1.82) is 0 Å². The molecule has 1 aromatic rings. The Morgan fingerprint density at radius 1 is 1.19 bits per heavy atom. The molecule has 7 heteroatoms. The van der Waals surface area contributed by atoms with Gasteiger partial charge in [0.25, 0.3) is 0 Å². The molecule has 0 aliphatic carbocycles. The van der Waals surface area contributed by atoms with Crippen LogP contribution >= 0.6 is 0 Å². The third-order valence-corrected chi connectivity index (χ3v) is 2.42. The Kier molecular flexibility index (Phi) is 5.66. The van der Waals surface area contributed by atoms with E-state index in [1.807, 2.05) is 0 Å². The van der Waals surface area contributed by atoms with Crippen LogP contribution in [-0.2, 0) is 11.3 Å². The van der Waals surface area contributed by atoms with Gasteiger partial charge in [0.15, 0.2) is 11.5 Å². The molecule has 0 aliphatic heterocycles. The molecule has 0 aromatic heterocycles. The van der Waals surface area contributed by atoms with E-state index in [1.165, 1.54) is 14.2 Å². The van der Waals surface area contributed by atoms with Crippen LogP contribution in [0.4, 0.5) is 4.79 Å².